The number of aromatic amines is 1. The van der Waals surface area contributed by atoms with Gasteiger partial charge in [-0.25, -0.2) is 14.9 Å². The van der Waals surface area contributed by atoms with E-state index in [0.29, 0.717) is 12.1 Å². The minimum Gasteiger partial charge on any atom is -0.465 e. The molecule has 1 aromatic heterocycles. The Morgan fingerprint density at radius 1 is 1.31 bits per heavy atom. The Hall–Kier alpha value is -3.46. The van der Waals surface area contributed by atoms with Gasteiger partial charge >= 0.3 is 5.97 Å². The minimum absolute atomic E-state index is 0.0214. The molecule has 150 valence electrons. The van der Waals surface area contributed by atoms with Crippen LogP contribution < -0.4 is 5.56 Å². The van der Waals surface area contributed by atoms with Gasteiger partial charge in [0.15, 0.2) is 0 Å². The number of benzene rings is 1. The van der Waals surface area contributed by atoms with Crippen LogP contribution in [0.25, 0.3) is 28.0 Å². The van der Waals surface area contributed by atoms with Crippen LogP contribution in [-0.2, 0) is 11.3 Å². The zero-order valence-corrected chi connectivity index (χ0v) is 16.3. The molecule has 9 nitrogen and oxygen atoms in total. The number of hydrogen-bond donors (Lipinski definition) is 2. The van der Waals surface area contributed by atoms with Crippen molar-refractivity contribution in [3.63, 3.8) is 0 Å². The molecule has 0 radical (unpaired) electrons. The number of methoxy groups -OCH3 is 1. The second-order valence-electron chi connectivity index (χ2n) is 7.06. The topological polar surface area (TPSA) is 115 Å². The summed E-state index contributed by atoms with van der Waals surface area (Å²) in [6, 6.07) is 5.67. The average Bonchev–Trinajstić information content (AvgIpc) is 3.27. The van der Waals surface area contributed by atoms with Gasteiger partial charge in [-0.05, 0) is 18.2 Å². The Morgan fingerprint density at radius 2 is 2.10 bits per heavy atom. The first-order valence-corrected chi connectivity index (χ1v) is 9.24. The first kappa shape index (κ1) is 18.9. The van der Waals surface area contributed by atoms with Gasteiger partial charge in [0, 0.05) is 30.5 Å². The molecule has 0 amide bonds. The fourth-order valence-electron chi connectivity index (χ4n) is 3.52. The number of fused-ring (bicyclic) bond motifs is 2. The highest BCUT2D eigenvalue weighted by Crippen LogP contribution is 2.27. The van der Waals surface area contributed by atoms with E-state index in [1.165, 1.54) is 7.11 Å². The van der Waals surface area contributed by atoms with Crippen LogP contribution in [0.3, 0.4) is 0 Å². The number of carbonyl (C=O) groups is 1. The zero-order chi connectivity index (χ0) is 20.7. The van der Waals surface area contributed by atoms with E-state index in [4.69, 9.17) is 9.72 Å². The van der Waals surface area contributed by atoms with Crippen LogP contribution in [-0.4, -0.2) is 49.1 Å². The van der Waals surface area contributed by atoms with Crippen LogP contribution in [0.1, 0.15) is 35.9 Å². The molecule has 1 aromatic carbocycles. The molecule has 0 fully saturated rings. The predicted molar refractivity (Wildman–Crippen MR) is 107 cm³/mol. The van der Waals surface area contributed by atoms with Crippen LogP contribution >= 0.6 is 0 Å². The molecule has 29 heavy (non-hydrogen) atoms. The van der Waals surface area contributed by atoms with Gasteiger partial charge in [0.25, 0.3) is 5.56 Å². The fraction of sp³-hybridized carbons (Fsp3) is 0.300. The van der Waals surface area contributed by atoms with Gasteiger partial charge in [-0.2, -0.15) is 5.10 Å². The van der Waals surface area contributed by atoms with E-state index in [9.17, 15) is 14.7 Å². The lowest BCUT2D eigenvalue weighted by atomic mass is 10.1. The molecule has 9 heteroatoms. The number of imidazole rings is 1. The standard InChI is InChI=1S/C20H21N5O4/c1-11(2)18-21-15-8-12(4-5-16(15)25(18)6-7-26)24-9-13-17(22-23-19(13)27)14(10-24)20(28)29-3/h4-5,8-11,26H,6-7H2,1-3H3,(H,23,27). The molecule has 0 spiro atoms. The number of aromatic nitrogens is 5. The Morgan fingerprint density at radius 3 is 2.79 bits per heavy atom. The van der Waals surface area contributed by atoms with Gasteiger partial charge in [-0.3, -0.25) is 4.79 Å². The summed E-state index contributed by atoms with van der Waals surface area (Å²) < 4.78 is 8.53. The second kappa shape index (κ2) is 7.17. The smallest absolute Gasteiger partial charge is 0.341 e. The summed E-state index contributed by atoms with van der Waals surface area (Å²) in [7, 11) is 1.28. The van der Waals surface area contributed by atoms with Crippen molar-refractivity contribution in [2.24, 2.45) is 0 Å². The van der Waals surface area contributed by atoms with E-state index in [2.05, 4.69) is 24.0 Å². The summed E-state index contributed by atoms with van der Waals surface area (Å²) in [6.07, 6.45) is 3.21. The molecule has 0 saturated carbocycles. The maximum atomic E-state index is 12.2. The largest absolute Gasteiger partial charge is 0.465 e. The quantitative estimate of drug-likeness (QED) is 0.499. The monoisotopic (exact) mass is 395 g/mol. The second-order valence-corrected chi connectivity index (χ2v) is 7.06. The highest BCUT2D eigenvalue weighted by molar-refractivity contribution is 5.96. The molecule has 0 saturated heterocycles. The molecule has 4 rings (SSSR count). The third-order valence-electron chi connectivity index (χ3n) is 4.87. The van der Waals surface area contributed by atoms with Crippen LogP contribution in [0, 0.1) is 0 Å². The highest BCUT2D eigenvalue weighted by atomic mass is 16.5. The molecule has 0 bridgehead atoms. The van der Waals surface area contributed by atoms with E-state index < -0.39 is 5.97 Å². The molecule has 2 aliphatic rings. The molecule has 2 aromatic rings. The number of nitrogens with zero attached hydrogens (tertiary/aromatic N) is 4. The summed E-state index contributed by atoms with van der Waals surface area (Å²) in [5.74, 6) is 0.506. The molecule has 3 heterocycles. The van der Waals surface area contributed by atoms with Gasteiger partial charge in [0.1, 0.15) is 17.1 Å². The lowest BCUT2D eigenvalue weighted by Gasteiger charge is -2.12. The SMILES string of the molecule is COC(=O)c1cn(-c2ccc3c(c2)nc(C(C)C)n3CCO)cc2c(=O)[nH]nc1-2. The average molecular weight is 395 g/mol. The minimum atomic E-state index is -0.578. The summed E-state index contributed by atoms with van der Waals surface area (Å²) >= 11 is 0. The number of carbonyl (C=O) groups excluding carboxylic acids is 1. The molecule has 0 atom stereocenters. The zero-order valence-electron chi connectivity index (χ0n) is 16.3. The number of rotatable bonds is 5. The summed E-state index contributed by atoms with van der Waals surface area (Å²) in [4.78, 5) is 29.0. The highest BCUT2D eigenvalue weighted by Gasteiger charge is 2.22. The Balaban J connectivity index is 1.92. The maximum absolute atomic E-state index is 12.2. The molecule has 2 aliphatic heterocycles. The normalized spacial score (nSPS) is 11.6. The first-order valence-electron chi connectivity index (χ1n) is 9.24. The van der Waals surface area contributed by atoms with E-state index >= 15 is 0 Å². The maximum Gasteiger partial charge on any atom is 0.341 e. The number of H-pyrrole nitrogens is 1. The number of aliphatic hydroxyl groups excluding tert-OH is 1. The van der Waals surface area contributed by atoms with Gasteiger partial charge in [0.05, 0.1) is 30.3 Å². The molecular formula is C20H21N5O4. The lowest BCUT2D eigenvalue weighted by molar-refractivity contribution is 0.0600. The van der Waals surface area contributed by atoms with Crippen LogP contribution in [0.4, 0.5) is 0 Å². The third-order valence-corrected chi connectivity index (χ3v) is 4.87. The first-order chi connectivity index (χ1) is 13.9. The van der Waals surface area contributed by atoms with Crippen molar-refractivity contribution in [1.82, 2.24) is 24.3 Å². The van der Waals surface area contributed by atoms with Crippen molar-refractivity contribution in [2.45, 2.75) is 26.3 Å². The van der Waals surface area contributed by atoms with Crippen molar-refractivity contribution in [3.8, 4) is 16.9 Å². The van der Waals surface area contributed by atoms with Gasteiger partial charge < -0.3 is 19.0 Å². The summed E-state index contributed by atoms with van der Waals surface area (Å²) in [5, 5.41) is 15.7. The Kier molecular flexibility index (Phi) is 4.67. The predicted octanol–water partition coefficient (Wildman–Crippen LogP) is 1.92. The van der Waals surface area contributed by atoms with Crippen LogP contribution in [0.15, 0.2) is 35.4 Å². The summed E-state index contributed by atoms with van der Waals surface area (Å²) in [6.45, 7) is 4.59. The van der Waals surface area contributed by atoms with E-state index in [1.54, 1.807) is 17.0 Å². The number of esters is 1. The number of pyridine rings is 1. The molecule has 0 unspecified atom stereocenters. The van der Waals surface area contributed by atoms with Gasteiger partial charge in [-0.15, -0.1) is 0 Å². The van der Waals surface area contributed by atoms with E-state index in [-0.39, 0.29) is 29.3 Å². The van der Waals surface area contributed by atoms with Crippen molar-refractivity contribution in [3.05, 3.63) is 52.3 Å². The fourth-order valence-corrected chi connectivity index (χ4v) is 3.52. The Bertz CT molecular complexity index is 1230. The van der Waals surface area contributed by atoms with Crippen molar-refractivity contribution in [1.29, 1.82) is 0 Å². The number of ether oxygens (including phenoxy) is 1. The van der Waals surface area contributed by atoms with Crippen molar-refractivity contribution < 1.29 is 14.6 Å². The number of nitrogens with one attached hydrogen (secondary N) is 1. The number of hydrogen-bond acceptors (Lipinski definition) is 6. The van der Waals surface area contributed by atoms with E-state index in [0.717, 1.165) is 22.5 Å². The van der Waals surface area contributed by atoms with Gasteiger partial charge in [0.2, 0.25) is 0 Å². The van der Waals surface area contributed by atoms with Crippen molar-refractivity contribution >= 4 is 17.0 Å². The van der Waals surface area contributed by atoms with Crippen LogP contribution in [0.2, 0.25) is 0 Å². The van der Waals surface area contributed by atoms with E-state index in [1.807, 2.05) is 22.8 Å². The molecule has 0 aliphatic carbocycles. The van der Waals surface area contributed by atoms with Gasteiger partial charge in [-0.1, -0.05) is 13.8 Å². The number of aliphatic hydroxyl groups is 1. The molecular weight excluding hydrogens is 374 g/mol. The third kappa shape index (κ3) is 3.09. The summed E-state index contributed by atoms with van der Waals surface area (Å²) in [5.41, 5.74) is 2.78. The lowest BCUT2D eigenvalue weighted by Crippen LogP contribution is -2.11. The Labute approximate surface area is 165 Å². The van der Waals surface area contributed by atoms with Crippen LogP contribution in [0.5, 0.6) is 0 Å². The molecule has 2 N–H and O–H groups in total. The van der Waals surface area contributed by atoms with Crippen molar-refractivity contribution in [2.75, 3.05) is 13.7 Å².